The second-order valence-electron chi connectivity index (χ2n) is 11.9. The highest BCUT2D eigenvalue weighted by Crippen LogP contribution is 2.27. The monoisotopic (exact) mass is 707 g/mol. The third-order valence-corrected chi connectivity index (χ3v) is 11.6. The van der Waals surface area contributed by atoms with Crippen molar-refractivity contribution in [2.75, 3.05) is 31.1 Å². The Hall–Kier alpha value is -5.37. The first-order valence-electron chi connectivity index (χ1n) is 16.0. The number of nitrogens with one attached hydrogen (secondary N) is 1. The van der Waals surface area contributed by atoms with Crippen LogP contribution in [0, 0.1) is 0 Å². The number of hydrogen-bond acceptors (Lipinski definition) is 9. The number of aromatic nitrogens is 2. The molecule has 0 unspecified atom stereocenters. The van der Waals surface area contributed by atoms with E-state index in [4.69, 9.17) is 4.18 Å². The second-order valence-corrected chi connectivity index (χ2v) is 15.1. The number of sulfonamides is 1. The topological polar surface area (TPSA) is 139 Å². The van der Waals surface area contributed by atoms with Crippen LogP contribution >= 0.6 is 0 Å². The average Bonchev–Trinajstić information content (AvgIpc) is 3.14. The Morgan fingerprint density at radius 3 is 1.94 bits per heavy atom. The van der Waals surface area contributed by atoms with E-state index in [9.17, 15) is 21.6 Å². The first kappa shape index (κ1) is 33.1. The number of para-hydroxylation sites is 1. The number of pyridine rings is 2. The van der Waals surface area contributed by atoms with Gasteiger partial charge in [0.25, 0.3) is 0 Å². The lowest BCUT2D eigenvalue weighted by atomic mass is 10.0. The number of anilines is 1. The Morgan fingerprint density at radius 2 is 1.30 bits per heavy atom. The molecule has 50 heavy (non-hydrogen) atoms. The number of carbonyl (C=O) groups is 1. The number of amides is 1. The van der Waals surface area contributed by atoms with Gasteiger partial charge in [0.2, 0.25) is 15.9 Å². The highest BCUT2D eigenvalue weighted by molar-refractivity contribution is 7.89. The molecular weight excluding hydrogens is 675 g/mol. The van der Waals surface area contributed by atoms with Crippen LogP contribution in [0.2, 0.25) is 0 Å². The highest BCUT2D eigenvalue weighted by Gasteiger charge is 2.32. The van der Waals surface area contributed by atoms with Crippen LogP contribution in [0.3, 0.4) is 0 Å². The van der Waals surface area contributed by atoms with E-state index >= 15 is 0 Å². The van der Waals surface area contributed by atoms with Gasteiger partial charge in [-0.3, -0.25) is 14.8 Å². The van der Waals surface area contributed by atoms with Gasteiger partial charge in [0.1, 0.15) is 16.7 Å². The van der Waals surface area contributed by atoms with Crippen molar-refractivity contribution >= 4 is 53.3 Å². The van der Waals surface area contributed by atoms with E-state index in [0.29, 0.717) is 53.3 Å². The molecule has 0 radical (unpaired) electrons. The summed E-state index contributed by atoms with van der Waals surface area (Å²) in [7, 11) is -8.36. The summed E-state index contributed by atoms with van der Waals surface area (Å²) in [5, 5.41) is 2.29. The molecule has 2 aromatic heterocycles. The number of benzene rings is 4. The molecule has 7 rings (SSSR count). The van der Waals surface area contributed by atoms with E-state index in [1.807, 2.05) is 30.3 Å². The van der Waals surface area contributed by atoms with E-state index in [0.717, 1.165) is 5.69 Å². The molecule has 13 heteroatoms. The fourth-order valence-corrected chi connectivity index (χ4v) is 8.77. The SMILES string of the molecule is O=C([C@H](Cc1ccc(OS(=O)(=O)c2cccc3cnccc23)cc1)NS(=O)(=O)c1cccc2cnccc12)N1CCN(c2ccccc2)CC1. The van der Waals surface area contributed by atoms with E-state index in [1.165, 1.54) is 36.7 Å². The van der Waals surface area contributed by atoms with Gasteiger partial charge in [0.15, 0.2) is 0 Å². The van der Waals surface area contributed by atoms with Gasteiger partial charge in [-0.15, -0.1) is 0 Å². The zero-order valence-corrected chi connectivity index (χ0v) is 28.4. The van der Waals surface area contributed by atoms with Crippen LogP contribution < -0.4 is 13.8 Å². The van der Waals surface area contributed by atoms with Crippen LogP contribution in [0.15, 0.2) is 138 Å². The summed E-state index contributed by atoms with van der Waals surface area (Å²) in [6.45, 7) is 2.03. The van der Waals surface area contributed by atoms with Gasteiger partial charge in [-0.05, 0) is 60.5 Å². The number of fused-ring (bicyclic) bond motifs is 2. The van der Waals surface area contributed by atoms with E-state index in [2.05, 4.69) is 19.6 Å². The third-order valence-electron chi connectivity index (χ3n) is 8.72. The summed E-state index contributed by atoms with van der Waals surface area (Å²) in [5.74, 6) is -0.277. The molecule has 4 aromatic carbocycles. The second kappa shape index (κ2) is 13.9. The summed E-state index contributed by atoms with van der Waals surface area (Å²) in [5.41, 5.74) is 1.67. The van der Waals surface area contributed by atoms with Crippen molar-refractivity contribution < 1.29 is 25.8 Å². The average molecular weight is 708 g/mol. The van der Waals surface area contributed by atoms with Crippen molar-refractivity contribution in [3.63, 3.8) is 0 Å². The van der Waals surface area contributed by atoms with Gasteiger partial charge in [-0.2, -0.15) is 13.1 Å². The molecule has 1 saturated heterocycles. The van der Waals surface area contributed by atoms with Crippen molar-refractivity contribution in [1.29, 1.82) is 0 Å². The fourth-order valence-electron chi connectivity index (χ4n) is 6.20. The van der Waals surface area contributed by atoms with Crippen molar-refractivity contribution in [2.45, 2.75) is 22.3 Å². The van der Waals surface area contributed by atoms with Gasteiger partial charge < -0.3 is 14.0 Å². The highest BCUT2D eigenvalue weighted by atomic mass is 32.2. The normalized spacial score (nSPS) is 14.5. The Bertz CT molecular complexity index is 2370. The molecule has 1 aliphatic heterocycles. The molecule has 0 aliphatic carbocycles. The zero-order chi connectivity index (χ0) is 34.7. The van der Waals surface area contributed by atoms with E-state index in [1.54, 1.807) is 65.8 Å². The summed E-state index contributed by atoms with van der Waals surface area (Å²) < 4.78 is 62.5. The Balaban J connectivity index is 1.13. The third kappa shape index (κ3) is 7.01. The van der Waals surface area contributed by atoms with Gasteiger partial charge in [-0.1, -0.05) is 54.6 Å². The number of rotatable bonds is 10. The summed E-state index contributed by atoms with van der Waals surface area (Å²) >= 11 is 0. The molecular formula is C37H33N5O6S2. The first-order valence-corrected chi connectivity index (χ1v) is 18.9. The minimum atomic E-state index is -4.19. The smallest absolute Gasteiger partial charge is 0.339 e. The summed E-state index contributed by atoms with van der Waals surface area (Å²) in [6, 6.07) is 28.1. The molecule has 0 bridgehead atoms. The molecule has 1 fully saturated rings. The standard InChI is InChI=1S/C37H33N5O6S2/c43-37(42-22-20-41(21-23-42)30-8-2-1-3-9-30)34(40-49(44,45)35-10-4-6-28-25-38-18-16-32(28)35)24-27-12-14-31(15-13-27)48-50(46,47)36-11-5-7-29-26-39-19-17-33(29)36/h1-19,25-26,34,40H,20-24H2/t34-/m0/s1. The lowest BCUT2D eigenvalue weighted by Crippen LogP contribution is -2.55. The lowest BCUT2D eigenvalue weighted by Gasteiger charge is -2.37. The molecule has 3 heterocycles. The summed E-state index contributed by atoms with van der Waals surface area (Å²) in [4.78, 5) is 26.2. The predicted molar refractivity (Wildman–Crippen MR) is 191 cm³/mol. The fraction of sp³-hybridized carbons (Fsp3) is 0.162. The van der Waals surface area contributed by atoms with Crippen molar-refractivity contribution in [3.8, 4) is 5.75 Å². The molecule has 6 aromatic rings. The number of carbonyl (C=O) groups excluding carboxylic acids is 1. The molecule has 1 aliphatic rings. The maximum Gasteiger partial charge on any atom is 0.339 e. The molecule has 0 saturated carbocycles. The van der Waals surface area contributed by atoms with Gasteiger partial charge in [0.05, 0.1) is 4.90 Å². The molecule has 11 nitrogen and oxygen atoms in total. The molecule has 0 spiro atoms. The van der Waals surface area contributed by atoms with Crippen LogP contribution in [0.4, 0.5) is 5.69 Å². The summed E-state index contributed by atoms with van der Waals surface area (Å²) in [6.07, 6.45) is 6.23. The van der Waals surface area contributed by atoms with Gasteiger partial charge in [0, 0.05) is 78.2 Å². The van der Waals surface area contributed by atoms with Crippen LogP contribution in [0.5, 0.6) is 5.75 Å². The zero-order valence-electron chi connectivity index (χ0n) is 26.8. The Kier molecular flexibility index (Phi) is 9.19. The first-order chi connectivity index (χ1) is 24.2. The molecule has 1 atom stereocenters. The largest absolute Gasteiger partial charge is 0.379 e. The number of piperazine rings is 1. The van der Waals surface area contributed by atoms with Crippen LogP contribution in [-0.2, 0) is 31.4 Å². The minimum Gasteiger partial charge on any atom is -0.379 e. The molecule has 1 amide bonds. The van der Waals surface area contributed by atoms with Crippen molar-refractivity contribution in [2.24, 2.45) is 0 Å². The van der Waals surface area contributed by atoms with Gasteiger partial charge >= 0.3 is 10.1 Å². The van der Waals surface area contributed by atoms with Gasteiger partial charge in [-0.25, -0.2) is 8.42 Å². The number of nitrogens with zero attached hydrogens (tertiary/aromatic N) is 4. The Morgan fingerprint density at radius 1 is 0.700 bits per heavy atom. The predicted octanol–water partition coefficient (Wildman–Crippen LogP) is 4.79. The van der Waals surface area contributed by atoms with Crippen LogP contribution in [0.25, 0.3) is 21.5 Å². The lowest BCUT2D eigenvalue weighted by molar-refractivity contribution is -0.133. The molecule has 1 N–H and O–H groups in total. The minimum absolute atomic E-state index is 0.0122. The van der Waals surface area contributed by atoms with Crippen LogP contribution in [0.1, 0.15) is 5.56 Å². The maximum atomic E-state index is 14.1. The van der Waals surface area contributed by atoms with Crippen LogP contribution in [-0.4, -0.2) is 69.8 Å². The Labute approximate surface area is 290 Å². The van der Waals surface area contributed by atoms with Crippen molar-refractivity contribution in [1.82, 2.24) is 19.6 Å². The van der Waals surface area contributed by atoms with E-state index in [-0.39, 0.29) is 27.9 Å². The molecule has 254 valence electrons. The maximum absolute atomic E-state index is 14.1. The van der Waals surface area contributed by atoms with E-state index < -0.39 is 26.2 Å². The van der Waals surface area contributed by atoms with Crippen molar-refractivity contribution in [3.05, 3.63) is 133 Å². The number of hydrogen-bond donors (Lipinski definition) is 1. The quantitative estimate of drug-likeness (QED) is 0.199.